The molecule has 0 N–H and O–H groups in total. The Morgan fingerprint density at radius 2 is 2.00 bits per heavy atom. The van der Waals surface area contributed by atoms with Gasteiger partial charge in [0.25, 0.3) is 0 Å². The maximum absolute atomic E-state index is 2.38. The molecule has 3 heteroatoms. The van der Waals surface area contributed by atoms with E-state index in [4.69, 9.17) is 0 Å². The summed E-state index contributed by atoms with van der Waals surface area (Å²) in [6.07, 6.45) is 2.71. The van der Waals surface area contributed by atoms with Crippen molar-refractivity contribution >= 4 is 35.7 Å². The lowest BCUT2D eigenvalue weighted by molar-refractivity contribution is 0.327. The van der Waals surface area contributed by atoms with Crippen molar-refractivity contribution in [2.75, 3.05) is 6.16 Å². The molecule has 0 rings (SSSR count). The third kappa shape index (κ3) is 7.58. The van der Waals surface area contributed by atoms with Gasteiger partial charge < -0.3 is 0 Å². The van der Waals surface area contributed by atoms with Crippen molar-refractivity contribution in [1.82, 2.24) is 0 Å². The summed E-state index contributed by atoms with van der Waals surface area (Å²) < 4.78 is 0. The van der Waals surface area contributed by atoms with Crippen LogP contribution in [0.2, 0.25) is 0 Å². The van der Waals surface area contributed by atoms with Crippen LogP contribution >= 0.6 is 30.8 Å². The zero-order chi connectivity index (χ0) is 8.91. The maximum Gasteiger partial charge on any atom is 0.230 e. The highest BCUT2D eigenvalue weighted by atomic mass is 127. The Morgan fingerprint density at radius 3 is 2.36 bits per heavy atom. The molecule has 0 aliphatic heterocycles. The molecule has 0 spiro atoms. The minimum atomic E-state index is 0.550. The summed E-state index contributed by atoms with van der Waals surface area (Å²) in [4.78, 5) is 2.26. The lowest BCUT2D eigenvalue weighted by Crippen LogP contribution is -2.16. The molecular weight excluding hydrogens is 265 g/mol. The van der Waals surface area contributed by atoms with Gasteiger partial charge in [-0.15, -0.1) is 8.46 Å². The molecule has 0 aliphatic carbocycles. The van der Waals surface area contributed by atoms with Crippen molar-refractivity contribution < 1.29 is 0 Å². The van der Waals surface area contributed by atoms with Gasteiger partial charge in [0.15, 0.2) is 0 Å². The normalized spacial score (nSPS) is 13.3. The predicted octanol–water partition coefficient (Wildman–Crippen LogP) is 3.71. The van der Waals surface area contributed by atoms with Crippen molar-refractivity contribution in [2.24, 2.45) is 11.3 Å². The molecule has 0 amide bonds. The van der Waals surface area contributed by atoms with Crippen LogP contribution in [0.3, 0.4) is 0 Å². The van der Waals surface area contributed by atoms with Crippen LogP contribution in [-0.4, -0.2) is 11.0 Å². The van der Waals surface area contributed by atoms with Gasteiger partial charge in [0.2, 0.25) is 4.86 Å². The van der Waals surface area contributed by atoms with Gasteiger partial charge in [-0.25, -0.2) is 0 Å². The van der Waals surface area contributed by atoms with Crippen molar-refractivity contribution in [1.29, 1.82) is 0 Å². The van der Waals surface area contributed by atoms with Gasteiger partial charge in [-0.05, 0) is 23.9 Å². The van der Waals surface area contributed by atoms with Crippen LogP contribution < -0.4 is 0 Å². The molecule has 0 saturated carbocycles. The summed E-state index contributed by atoms with van der Waals surface area (Å²) in [7, 11) is 1.03. The SMILES string of the molecule is CC(C)CC(C)(C)CP[B]I. The summed E-state index contributed by atoms with van der Waals surface area (Å²) in [6, 6.07) is 0. The first kappa shape index (κ1) is 12.2. The predicted molar refractivity (Wildman–Crippen MR) is 66.2 cm³/mol. The second-order valence-corrected chi connectivity index (χ2v) is 7.10. The second-order valence-electron chi connectivity index (χ2n) is 4.25. The number of rotatable bonds is 5. The van der Waals surface area contributed by atoms with Gasteiger partial charge in [-0.3, -0.25) is 0 Å². The van der Waals surface area contributed by atoms with E-state index in [2.05, 4.69) is 54.9 Å². The first-order valence-corrected chi connectivity index (χ1v) is 6.66. The van der Waals surface area contributed by atoms with Gasteiger partial charge in [-0.1, -0.05) is 27.7 Å². The minimum absolute atomic E-state index is 0.550. The molecule has 0 aliphatic rings. The van der Waals surface area contributed by atoms with Gasteiger partial charge in [-0.2, -0.15) is 22.4 Å². The molecule has 0 aromatic heterocycles. The summed E-state index contributed by atoms with van der Waals surface area (Å²) in [5.74, 6) is 0.837. The zero-order valence-corrected chi connectivity index (χ0v) is 11.1. The Labute approximate surface area is 87.1 Å². The molecule has 0 nitrogen and oxygen atoms in total. The van der Waals surface area contributed by atoms with Crippen LogP contribution in [0.25, 0.3) is 0 Å². The van der Waals surface area contributed by atoms with Crippen molar-refractivity contribution in [2.45, 2.75) is 34.1 Å². The molecule has 0 bridgehead atoms. The fourth-order valence-electron chi connectivity index (χ4n) is 1.49. The van der Waals surface area contributed by atoms with E-state index >= 15 is 0 Å². The van der Waals surface area contributed by atoms with E-state index in [1.807, 2.05) is 0 Å². The van der Waals surface area contributed by atoms with E-state index in [9.17, 15) is 0 Å². The van der Waals surface area contributed by atoms with E-state index < -0.39 is 0 Å². The Morgan fingerprint density at radius 1 is 1.45 bits per heavy atom. The molecule has 1 radical (unpaired) electrons. The smallest absolute Gasteiger partial charge is 0.152 e. The third-order valence-corrected chi connectivity index (χ3v) is 4.26. The largest absolute Gasteiger partial charge is 0.230 e. The Bertz CT molecular complexity index is 104. The first-order valence-electron chi connectivity index (χ1n) is 4.13. The van der Waals surface area contributed by atoms with E-state index in [0.717, 1.165) is 14.4 Å². The number of hydrogen-bond donors (Lipinski definition) is 0. The van der Waals surface area contributed by atoms with Crippen LogP contribution in [0, 0.1) is 11.3 Å². The Kier molecular flexibility index (Phi) is 6.45. The molecule has 1 unspecified atom stereocenters. The molecule has 0 aromatic rings. The van der Waals surface area contributed by atoms with Crippen molar-refractivity contribution in [3.63, 3.8) is 0 Å². The van der Waals surface area contributed by atoms with Crippen LogP contribution in [0.15, 0.2) is 0 Å². The highest BCUT2D eigenvalue weighted by Crippen LogP contribution is 2.31. The van der Waals surface area contributed by atoms with Crippen LogP contribution in [0.5, 0.6) is 0 Å². The van der Waals surface area contributed by atoms with Gasteiger partial charge in [0.1, 0.15) is 0 Å². The monoisotopic (exact) mass is 283 g/mol. The van der Waals surface area contributed by atoms with Gasteiger partial charge >= 0.3 is 0 Å². The summed E-state index contributed by atoms with van der Waals surface area (Å²) in [6.45, 7) is 9.36. The average Bonchev–Trinajstić information content (AvgIpc) is 1.81. The van der Waals surface area contributed by atoms with E-state index in [1.54, 1.807) is 0 Å². The molecule has 0 heterocycles. The number of halogens is 1. The molecule has 0 aromatic carbocycles. The Hall–Kier alpha value is 1.22. The lowest BCUT2D eigenvalue weighted by Gasteiger charge is -2.26. The summed E-state index contributed by atoms with van der Waals surface area (Å²) in [5.41, 5.74) is 0.550. The summed E-state index contributed by atoms with van der Waals surface area (Å²) in [5, 5.41) is 0. The van der Waals surface area contributed by atoms with Crippen LogP contribution in [0.4, 0.5) is 0 Å². The number of hydrogen-bond acceptors (Lipinski definition) is 0. The van der Waals surface area contributed by atoms with Crippen LogP contribution in [-0.2, 0) is 0 Å². The Balaban J connectivity index is 3.61. The summed E-state index contributed by atoms with van der Waals surface area (Å²) >= 11 is 2.35. The van der Waals surface area contributed by atoms with E-state index in [1.165, 1.54) is 12.6 Å². The second kappa shape index (κ2) is 5.80. The lowest BCUT2D eigenvalue weighted by atomic mass is 9.86. The molecular formula is C8H18BIP. The highest BCUT2D eigenvalue weighted by Gasteiger charge is 2.18. The standard InChI is InChI=1S/C8H18BIP/c1-7(2)5-8(3,4)6-11-9-10/h7,11H,5-6H2,1-4H3. The topological polar surface area (TPSA) is 0 Å². The molecule has 0 saturated heterocycles. The third-order valence-electron chi connectivity index (χ3n) is 1.62. The molecule has 1 atom stereocenters. The zero-order valence-electron chi connectivity index (χ0n) is 7.95. The van der Waals surface area contributed by atoms with Crippen molar-refractivity contribution in [3.05, 3.63) is 0 Å². The maximum atomic E-state index is 2.38. The van der Waals surface area contributed by atoms with Gasteiger partial charge in [0, 0.05) is 0 Å². The van der Waals surface area contributed by atoms with Crippen LogP contribution in [0.1, 0.15) is 34.1 Å². The molecule has 0 fully saturated rings. The van der Waals surface area contributed by atoms with E-state index in [-0.39, 0.29) is 0 Å². The fourth-order valence-corrected chi connectivity index (χ4v) is 2.93. The van der Waals surface area contributed by atoms with Crippen molar-refractivity contribution in [3.8, 4) is 0 Å². The quantitative estimate of drug-likeness (QED) is 0.410. The molecule has 65 valence electrons. The molecule has 11 heavy (non-hydrogen) atoms. The minimum Gasteiger partial charge on any atom is -0.152 e. The first-order chi connectivity index (χ1) is 4.98. The average molecular weight is 283 g/mol. The van der Waals surface area contributed by atoms with E-state index in [0.29, 0.717) is 5.41 Å². The van der Waals surface area contributed by atoms with Gasteiger partial charge in [0.05, 0.1) is 0 Å². The fraction of sp³-hybridized carbons (Fsp3) is 1.00. The highest BCUT2D eigenvalue weighted by molar-refractivity contribution is 14.1.